The van der Waals surface area contributed by atoms with Gasteiger partial charge in [-0.2, -0.15) is 0 Å². The van der Waals surface area contributed by atoms with Crippen LogP contribution in [0.1, 0.15) is 19.3 Å². The summed E-state index contributed by atoms with van der Waals surface area (Å²) in [5.74, 6) is 0. The van der Waals surface area contributed by atoms with Crippen molar-refractivity contribution in [1.29, 1.82) is 0 Å². The second-order valence-electron chi connectivity index (χ2n) is 1.58. The fourth-order valence-corrected chi connectivity index (χ4v) is 0.387. The Morgan fingerprint density at radius 3 is 1.67 bits per heavy atom. The van der Waals surface area contributed by atoms with Crippen LogP contribution in [0.25, 0.3) is 0 Å². The Balaban J connectivity index is 0.000000250. The standard InChI is InChI=1S/C4H8O.K.H/c5-4-2-1-3-4;;/h4-5H,1-3H2;;. The van der Waals surface area contributed by atoms with E-state index < -0.39 is 0 Å². The molecule has 0 aliphatic heterocycles. The molecule has 0 atom stereocenters. The van der Waals surface area contributed by atoms with Crippen LogP contribution in [-0.4, -0.2) is 62.6 Å². The van der Waals surface area contributed by atoms with Gasteiger partial charge in [-0.25, -0.2) is 0 Å². The van der Waals surface area contributed by atoms with Gasteiger partial charge in [0.05, 0.1) is 6.10 Å². The van der Waals surface area contributed by atoms with Gasteiger partial charge in [-0.15, -0.1) is 0 Å². The Hall–Kier alpha value is 1.60. The Morgan fingerprint density at radius 2 is 1.67 bits per heavy atom. The molecule has 2 heteroatoms. The minimum absolute atomic E-state index is 0. The Morgan fingerprint density at radius 1 is 1.33 bits per heavy atom. The molecule has 0 amide bonds. The van der Waals surface area contributed by atoms with E-state index in [4.69, 9.17) is 5.11 Å². The molecular formula is C4H9KO. The van der Waals surface area contributed by atoms with Gasteiger partial charge in [0.1, 0.15) is 0 Å². The van der Waals surface area contributed by atoms with Crippen molar-refractivity contribution >= 4 is 51.4 Å². The molecule has 0 unspecified atom stereocenters. The minimum atomic E-state index is 0. The van der Waals surface area contributed by atoms with Gasteiger partial charge >= 0.3 is 51.4 Å². The summed E-state index contributed by atoms with van der Waals surface area (Å²) in [6.07, 6.45) is 3.39. The zero-order chi connectivity index (χ0) is 3.70. The molecule has 0 heterocycles. The number of aliphatic hydroxyl groups excluding tert-OH is 1. The first-order valence-corrected chi connectivity index (χ1v) is 2.07. The Bertz CT molecular complexity index is 34.5. The quantitative estimate of drug-likeness (QED) is 0.433. The van der Waals surface area contributed by atoms with Gasteiger partial charge in [0, 0.05) is 0 Å². The van der Waals surface area contributed by atoms with Crippen LogP contribution in [0.15, 0.2) is 0 Å². The van der Waals surface area contributed by atoms with Crippen molar-refractivity contribution in [3.63, 3.8) is 0 Å². The normalized spacial score (nSPS) is 21.5. The van der Waals surface area contributed by atoms with Gasteiger partial charge in [0.25, 0.3) is 0 Å². The molecule has 0 aromatic rings. The van der Waals surface area contributed by atoms with Gasteiger partial charge in [0.15, 0.2) is 0 Å². The first-order valence-electron chi connectivity index (χ1n) is 2.07. The van der Waals surface area contributed by atoms with E-state index in [-0.39, 0.29) is 57.5 Å². The first-order chi connectivity index (χ1) is 2.39. The van der Waals surface area contributed by atoms with Crippen LogP contribution in [0.2, 0.25) is 0 Å². The molecule has 1 N–H and O–H groups in total. The molecule has 0 saturated heterocycles. The monoisotopic (exact) mass is 112 g/mol. The summed E-state index contributed by atoms with van der Waals surface area (Å²) >= 11 is 0. The maximum absolute atomic E-state index is 8.45. The van der Waals surface area contributed by atoms with Crippen molar-refractivity contribution in [1.82, 2.24) is 0 Å². The van der Waals surface area contributed by atoms with Gasteiger partial charge in [0.2, 0.25) is 0 Å². The van der Waals surface area contributed by atoms with Crippen molar-refractivity contribution in [2.75, 3.05) is 0 Å². The zero-order valence-corrected chi connectivity index (χ0v) is 3.15. The summed E-state index contributed by atoms with van der Waals surface area (Å²) in [7, 11) is 0. The van der Waals surface area contributed by atoms with E-state index in [1.54, 1.807) is 0 Å². The third-order valence-electron chi connectivity index (χ3n) is 1.07. The molecule has 0 bridgehead atoms. The third kappa shape index (κ3) is 2.05. The second-order valence-corrected chi connectivity index (χ2v) is 1.58. The van der Waals surface area contributed by atoms with Crippen molar-refractivity contribution in [2.45, 2.75) is 25.4 Å². The predicted octanol–water partition coefficient (Wildman–Crippen LogP) is -0.117. The van der Waals surface area contributed by atoms with Crippen LogP contribution in [0, 0.1) is 0 Å². The van der Waals surface area contributed by atoms with E-state index in [2.05, 4.69) is 0 Å². The van der Waals surface area contributed by atoms with E-state index in [1.807, 2.05) is 0 Å². The van der Waals surface area contributed by atoms with E-state index >= 15 is 0 Å². The molecule has 1 rings (SSSR count). The van der Waals surface area contributed by atoms with Crippen molar-refractivity contribution < 1.29 is 5.11 Å². The van der Waals surface area contributed by atoms with Crippen LogP contribution in [0.5, 0.6) is 0 Å². The molecule has 0 aromatic heterocycles. The number of hydrogen-bond donors (Lipinski definition) is 1. The molecule has 1 saturated carbocycles. The van der Waals surface area contributed by atoms with E-state index in [9.17, 15) is 0 Å². The van der Waals surface area contributed by atoms with Crippen LogP contribution < -0.4 is 0 Å². The molecule has 0 radical (unpaired) electrons. The van der Waals surface area contributed by atoms with E-state index in [0.29, 0.717) is 0 Å². The summed E-state index contributed by atoms with van der Waals surface area (Å²) in [6, 6.07) is 0. The van der Waals surface area contributed by atoms with Crippen LogP contribution in [0.4, 0.5) is 0 Å². The maximum atomic E-state index is 8.45. The molecule has 32 valence electrons. The zero-order valence-electron chi connectivity index (χ0n) is 3.15. The van der Waals surface area contributed by atoms with Crippen molar-refractivity contribution in [3.05, 3.63) is 0 Å². The fraction of sp³-hybridized carbons (Fsp3) is 1.00. The number of rotatable bonds is 0. The third-order valence-corrected chi connectivity index (χ3v) is 1.07. The molecular weight excluding hydrogens is 103 g/mol. The second kappa shape index (κ2) is 3.58. The van der Waals surface area contributed by atoms with Crippen LogP contribution >= 0.6 is 0 Å². The summed E-state index contributed by atoms with van der Waals surface area (Å²) in [5, 5.41) is 8.45. The average Bonchev–Trinajstić information content (AvgIpc) is 1.30. The Labute approximate surface area is 80.5 Å². The molecule has 1 aliphatic carbocycles. The van der Waals surface area contributed by atoms with E-state index in [1.165, 1.54) is 6.42 Å². The topological polar surface area (TPSA) is 20.2 Å². The number of hydrogen-bond acceptors (Lipinski definition) is 1. The number of aliphatic hydroxyl groups is 1. The molecule has 6 heavy (non-hydrogen) atoms. The Kier molecular flexibility index (Phi) is 4.53. The summed E-state index contributed by atoms with van der Waals surface area (Å²) in [4.78, 5) is 0. The van der Waals surface area contributed by atoms with Crippen molar-refractivity contribution in [3.8, 4) is 0 Å². The van der Waals surface area contributed by atoms with Crippen LogP contribution in [-0.2, 0) is 0 Å². The molecule has 1 nitrogen and oxygen atoms in total. The van der Waals surface area contributed by atoms with Gasteiger partial charge in [-0.05, 0) is 19.3 Å². The summed E-state index contributed by atoms with van der Waals surface area (Å²) in [6.45, 7) is 0. The SMILES string of the molecule is OC1CCC1.[KH]. The van der Waals surface area contributed by atoms with Crippen molar-refractivity contribution in [2.24, 2.45) is 0 Å². The van der Waals surface area contributed by atoms with E-state index in [0.717, 1.165) is 12.8 Å². The van der Waals surface area contributed by atoms with Gasteiger partial charge in [-0.3, -0.25) is 0 Å². The fourth-order valence-electron chi connectivity index (χ4n) is 0.387. The first kappa shape index (κ1) is 7.60. The molecule has 1 fully saturated rings. The van der Waals surface area contributed by atoms with Gasteiger partial charge < -0.3 is 5.11 Å². The molecule has 0 aromatic carbocycles. The predicted molar refractivity (Wildman–Crippen MR) is 27.0 cm³/mol. The summed E-state index contributed by atoms with van der Waals surface area (Å²) in [5.41, 5.74) is 0. The molecule has 0 spiro atoms. The average molecular weight is 112 g/mol. The van der Waals surface area contributed by atoms with Gasteiger partial charge in [-0.1, -0.05) is 0 Å². The summed E-state index contributed by atoms with van der Waals surface area (Å²) < 4.78 is 0. The van der Waals surface area contributed by atoms with Crippen LogP contribution in [0.3, 0.4) is 0 Å². The molecule has 1 aliphatic rings.